The monoisotopic (exact) mass is 490 g/mol. The number of nitrogens with one attached hydrogen (secondary N) is 1. The second-order valence-electron chi connectivity index (χ2n) is 8.85. The number of hydrogen-bond acceptors (Lipinski definition) is 5. The number of fused-ring (bicyclic) bond motifs is 2. The number of nitrogens with zero attached hydrogens (tertiary/aromatic N) is 1. The van der Waals surface area contributed by atoms with Gasteiger partial charge in [0.25, 0.3) is 5.91 Å². The van der Waals surface area contributed by atoms with Gasteiger partial charge in [-0.1, -0.05) is 36.4 Å². The highest BCUT2D eigenvalue weighted by atomic mass is 32.2. The number of ether oxygens (including phenoxy) is 1. The summed E-state index contributed by atoms with van der Waals surface area (Å²) in [5, 5.41) is 2.75. The number of aryl methyl sites for hydroxylation is 2. The van der Waals surface area contributed by atoms with Gasteiger partial charge in [-0.2, -0.15) is 4.31 Å². The van der Waals surface area contributed by atoms with Crippen LogP contribution in [0.5, 0.6) is 0 Å². The Bertz CT molecular complexity index is 1400. The van der Waals surface area contributed by atoms with Crippen LogP contribution < -0.4 is 5.32 Å². The zero-order chi connectivity index (χ0) is 24.4. The van der Waals surface area contributed by atoms with Crippen LogP contribution in [0.2, 0.25) is 0 Å². The van der Waals surface area contributed by atoms with Crippen LogP contribution in [0, 0.1) is 0 Å². The molecule has 3 aromatic rings. The number of sulfonamides is 1. The molecule has 2 aliphatic rings. The van der Waals surface area contributed by atoms with Gasteiger partial charge in [-0.25, -0.2) is 13.2 Å². The molecule has 7 nitrogen and oxygen atoms in total. The molecule has 0 saturated carbocycles. The predicted octanol–water partition coefficient (Wildman–Crippen LogP) is 3.72. The van der Waals surface area contributed by atoms with Crippen LogP contribution in [0.4, 0.5) is 5.69 Å². The lowest BCUT2D eigenvalue weighted by atomic mass is 10.0. The van der Waals surface area contributed by atoms with Crippen LogP contribution in [0.1, 0.15) is 39.0 Å². The number of esters is 1. The van der Waals surface area contributed by atoms with Crippen LogP contribution in [0.15, 0.2) is 71.6 Å². The third-order valence-electron chi connectivity index (χ3n) is 6.52. The first kappa shape index (κ1) is 23.3. The standard InChI is InChI=1S/C27H26N2O5S/c30-26(28-24-12-11-19-7-3-8-21(19)15-24)18-34-27(31)22-9-4-10-25(16-22)35(32,33)29-14-13-20-5-1-2-6-23(20)17-29/h1-2,4-6,9-12,15-16H,3,7-8,13-14,17-18H2,(H,28,30). The van der Waals surface area contributed by atoms with Crippen molar-refractivity contribution >= 4 is 27.6 Å². The molecule has 0 fully saturated rings. The molecule has 1 heterocycles. The van der Waals surface area contributed by atoms with Crippen molar-refractivity contribution in [3.8, 4) is 0 Å². The molecule has 0 bridgehead atoms. The van der Waals surface area contributed by atoms with Crippen molar-refractivity contribution in [3.05, 3.63) is 94.5 Å². The molecule has 1 aliphatic heterocycles. The van der Waals surface area contributed by atoms with E-state index in [0.29, 0.717) is 18.7 Å². The first-order valence-electron chi connectivity index (χ1n) is 11.7. The fourth-order valence-corrected chi connectivity index (χ4v) is 6.13. The molecule has 5 rings (SSSR count). The Labute approximate surface area is 204 Å². The highest BCUT2D eigenvalue weighted by Gasteiger charge is 2.29. The number of carbonyl (C=O) groups is 2. The molecule has 8 heteroatoms. The Kier molecular flexibility index (Phi) is 6.40. The van der Waals surface area contributed by atoms with Crippen molar-refractivity contribution in [2.24, 2.45) is 0 Å². The van der Waals surface area contributed by atoms with Gasteiger partial charge in [-0.15, -0.1) is 0 Å². The molecule has 0 unspecified atom stereocenters. The molecule has 180 valence electrons. The minimum atomic E-state index is -3.79. The summed E-state index contributed by atoms with van der Waals surface area (Å²) < 4.78 is 33.0. The molecule has 1 aliphatic carbocycles. The topological polar surface area (TPSA) is 92.8 Å². The summed E-state index contributed by atoms with van der Waals surface area (Å²) in [5.41, 5.74) is 5.41. The maximum Gasteiger partial charge on any atom is 0.338 e. The van der Waals surface area contributed by atoms with Crippen LogP contribution in [-0.4, -0.2) is 37.8 Å². The maximum atomic E-state index is 13.2. The van der Waals surface area contributed by atoms with Crippen LogP contribution in [0.3, 0.4) is 0 Å². The minimum Gasteiger partial charge on any atom is -0.452 e. The highest BCUT2D eigenvalue weighted by molar-refractivity contribution is 7.89. The van der Waals surface area contributed by atoms with Crippen molar-refractivity contribution in [2.75, 3.05) is 18.5 Å². The van der Waals surface area contributed by atoms with Crippen molar-refractivity contribution in [2.45, 2.75) is 37.1 Å². The van der Waals surface area contributed by atoms with E-state index in [0.717, 1.165) is 30.4 Å². The molecule has 0 radical (unpaired) electrons. The van der Waals surface area contributed by atoms with Crippen molar-refractivity contribution in [3.63, 3.8) is 0 Å². The molecule has 35 heavy (non-hydrogen) atoms. The largest absolute Gasteiger partial charge is 0.452 e. The number of rotatable bonds is 6. The molecule has 1 N–H and O–H groups in total. The van der Waals surface area contributed by atoms with Crippen molar-refractivity contribution < 1.29 is 22.7 Å². The van der Waals surface area contributed by atoms with E-state index >= 15 is 0 Å². The Morgan fingerprint density at radius 1 is 0.857 bits per heavy atom. The van der Waals surface area contributed by atoms with Crippen LogP contribution in [-0.2, 0) is 45.4 Å². The smallest absolute Gasteiger partial charge is 0.338 e. The average Bonchev–Trinajstić information content (AvgIpc) is 3.35. The summed E-state index contributed by atoms with van der Waals surface area (Å²) in [7, 11) is -3.79. The van der Waals surface area contributed by atoms with E-state index in [2.05, 4.69) is 5.32 Å². The Morgan fingerprint density at radius 3 is 2.49 bits per heavy atom. The normalized spacial score (nSPS) is 15.2. The van der Waals surface area contributed by atoms with E-state index in [1.165, 1.54) is 39.7 Å². The second-order valence-corrected chi connectivity index (χ2v) is 10.8. The third-order valence-corrected chi connectivity index (χ3v) is 8.36. The predicted molar refractivity (Wildman–Crippen MR) is 132 cm³/mol. The molecular formula is C27H26N2O5S. The van der Waals surface area contributed by atoms with Crippen LogP contribution >= 0.6 is 0 Å². The van der Waals surface area contributed by atoms with Crippen LogP contribution in [0.25, 0.3) is 0 Å². The maximum absolute atomic E-state index is 13.2. The molecule has 0 atom stereocenters. The summed E-state index contributed by atoms with van der Waals surface area (Å²) >= 11 is 0. The molecule has 0 aromatic heterocycles. The fourth-order valence-electron chi connectivity index (χ4n) is 4.67. The molecule has 0 spiro atoms. The van der Waals surface area contributed by atoms with Gasteiger partial charge < -0.3 is 10.1 Å². The lowest BCUT2D eigenvalue weighted by molar-refractivity contribution is -0.119. The van der Waals surface area contributed by atoms with Gasteiger partial charge in [0.15, 0.2) is 6.61 Å². The average molecular weight is 491 g/mol. The van der Waals surface area contributed by atoms with E-state index in [4.69, 9.17) is 4.74 Å². The van der Waals surface area contributed by atoms with Gasteiger partial charge in [-0.3, -0.25) is 4.79 Å². The number of anilines is 1. The zero-order valence-electron chi connectivity index (χ0n) is 19.2. The van der Waals surface area contributed by atoms with E-state index in [-0.39, 0.29) is 17.0 Å². The molecule has 1 amide bonds. The van der Waals surface area contributed by atoms with Crippen molar-refractivity contribution in [1.29, 1.82) is 0 Å². The Hall–Kier alpha value is -3.49. The van der Waals surface area contributed by atoms with Gasteiger partial charge in [0, 0.05) is 18.8 Å². The van der Waals surface area contributed by atoms with Gasteiger partial charge >= 0.3 is 5.97 Å². The minimum absolute atomic E-state index is 0.0222. The number of carbonyl (C=O) groups excluding carboxylic acids is 2. The van der Waals surface area contributed by atoms with E-state index in [1.807, 2.05) is 42.5 Å². The summed E-state index contributed by atoms with van der Waals surface area (Å²) in [5.74, 6) is -1.21. The highest BCUT2D eigenvalue weighted by Crippen LogP contribution is 2.26. The van der Waals surface area contributed by atoms with E-state index in [1.54, 1.807) is 0 Å². The first-order valence-corrected chi connectivity index (χ1v) is 13.1. The summed E-state index contributed by atoms with van der Waals surface area (Å²) in [4.78, 5) is 24.9. The molecular weight excluding hydrogens is 464 g/mol. The number of amides is 1. The number of hydrogen-bond donors (Lipinski definition) is 1. The summed E-state index contributed by atoms with van der Waals surface area (Å²) in [6, 6.07) is 19.3. The van der Waals surface area contributed by atoms with Gasteiger partial charge in [0.2, 0.25) is 10.0 Å². The molecule has 3 aromatic carbocycles. The van der Waals surface area contributed by atoms with E-state index < -0.39 is 28.5 Å². The zero-order valence-corrected chi connectivity index (χ0v) is 20.0. The Morgan fingerprint density at radius 2 is 1.63 bits per heavy atom. The third kappa shape index (κ3) is 4.99. The van der Waals surface area contributed by atoms with Crippen molar-refractivity contribution in [1.82, 2.24) is 4.31 Å². The quantitative estimate of drug-likeness (QED) is 0.532. The lowest BCUT2D eigenvalue weighted by Gasteiger charge is -2.28. The first-order chi connectivity index (χ1) is 16.9. The van der Waals surface area contributed by atoms with Gasteiger partial charge in [0.05, 0.1) is 10.5 Å². The lowest BCUT2D eigenvalue weighted by Crippen LogP contribution is -2.36. The second kappa shape index (κ2) is 9.64. The molecule has 0 saturated heterocycles. The summed E-state index contributed by atoms with van der Waals surface area (Å²) in [6.45, 7) is 0.197. The number of benzene rings is 3. The SMILES string of the molecule is O=C(COC(=O)c1cccc(S(=O)(=O)N2CCc3ccccc3C2)c1)Nc1ccc2c(c1)CCC2. The van der Waals surface area contributed by atoms with E-state index in [9.17, 15) is 18.0 Å². The fraction of sp³-hybridized carbons (Fsp3) is 0.259. The van der Waals surface area contributed by atoms with Gasteiger partial charge in [-0.05, 0) is 78.3 Å². The summed E-state index contributed by atoms with van der Waals surface area (Å²) in [6.07, 6.45) is 3.80. The Balaban J connectivity index is 1.22. The van der Waals surface area contributed by atoms with Gasteiger partial charge in [0.1, 0.15) is 0 Å².